The molecule has 0 aliphatic carbocycles. The molecule has 0 aromatic heterocycles. The second-order valence-electron chi connectivity index (χ2n) is 5.41. The van der Waals surface area contributed by atoms with Crippen LogP contribution in [0.15, 0.2) is 42.5 Å². The van der Waals surface area contributed by atoms with Crippen LogP contribution in [0.25, 0.3) is 0 Å². The maximum atomic E-state index is 11.2. The van der Waals surface area contributed by atoms with Gasteiger partial charge in [0, 0.05) is 5.57 Å². The minimum absolute atomic E-state index is 0. The summed E-state index contributed by atoms with van der Waals surface area (Å²) in [6.07, 6.45) is -0.942. The van der Waals surface area contributed by atoms with E-state index in [4.69, 9.17) is 18.9 Å². The number of hydrogen-bond acceptors (Lipinski definition) is 6. The number of esters is 1. The third-order valence-corrected chi connectivity index (χ3v) is 2.92. The average molecular weight is 433 g/mol. The Morgan fingerprint density at radius 2 is 1.57 bits per heavy atom. The quantitative estimate of drug-likeness (QED) is 0.266. The predicted molar refractivity (Wildman–Crippen MR) is 128 cm³/mol. The maximum Gasteiger partial charge on any atom is 0.333 e. The van der Waals surface area contributed by atoms with Crippen LogP contribution >= 0.6 is 0 Å². The number of rotatable bonds is 12. The molecule has 1 aromatic carbocycles. The second kappa shape index (κ2) is 25.1. The van der Waals surface area contributed by atoms with Crippen molar-refractivity contribution in [2.45, 2.75) is 69.6 Å². The van der Waals surface area contributed by atoms with Crippen molar-refractivity contribution in [3.8, 4) is 5.75 Å². The first-order valence-electron chi connectivity index (χ1n) is 8.87. The molecule has 0 bridgehead atoms. The Bertz CT molecular complexity index is 490. The number of ether oxygens (including phenoxy) is 4. The molecule has 30 heavy (non-hydrogen) atoms. The topological polar surface area (TPSA) is 74.2 Å². The molecule has 6 heteroatoms. The standard InChI is InChI=1S/C18H26O6.C2H6.4CH4/c1-14(2)18(20)24-13-16(19)12-21-9-10-22-15(3)11-23-17-7-5-4-6-8-17;1-2;;;;/h4-8,15-16,19H,1,9-13H2,2-3H3;1-2H3;4*1H4. The fraction of sp³-hybridized carbons (Fsp3) is 0.625. The van der Waals surface area contributed by atoms with Gasteiger partial charge >= 0.3 is 5.97 Å². The Hall–Kier alpha value is -1.89. The number of benzene rings is 1. The van der Waals surface area contributed by atoms with Gasteiger partial charge in [0.1, 0.15) is 25.1 Å². The third kappa shape index (κ3) is 20.8. The van der Waals surface area contributed by atoms with Crippen LogP contribution in [0.5, 0.6) is 5.75 Å². The average Bonchev–Trinajstić information content (AvgIpc) is 2.66. The zero-order chi connectivity index (χ0) is 19.8. The summed E-state index contributed by atoms with van der Waals surface area (Å²) in [6.45, 7) is 12.0. The summed E-state index contributed by atoms with van der Waals surface area (Å²) in [5.74, 6) is 0.279. The number of aliphatic hydroxyl groups is 1. The van der Waals surface area contributed by atoms with E-state index in [1.807, 2.05) is 51.1 Å². The molecule has 1 rings (SSSR count). The van der Waals surface area contributed by atoms with Gasteiger partial charge in [-0.05, 0) is 26.0 Å². The summed E-state index contributed by atoms with van der Waals surface area (Å²) in [5.41, 5.74) is 0.295. The molecule has 0 aliphatic heterocycles. The summed E-state index contributed by atoms with van der Waals surface area (Å²) in [6, 6.07) is 9.52. The van der Waals surface area contributed by atoms with Crippen molar-refractivity contribution in [3.05, 3.63) is 42.5 Å². The number of hydrogen-bond donors (Lipinski definition) is 1. The molecule has 1 N–H and O–H groups in total. The summed E-state index contributed by atoms with van der Waals surface area (Å²) in [7, 11) is 0. The Kier molecular flexibility index (Phi) is 32.4. The molecule has 6 nitrogen and oxygen atoms in total. The Morgan fingerprint density at radius 3 is 2.10 bits per heavy atom. The molecule has 0 fully saturated rings. The SMILES string of the molecule is C.C.C.C.C=C(C)C(=O)OCC(O)COCCOC(C)COc1ccccc1.CC. The van der Waals surface area contributed by atoms with Gasteiger partial charge in [0.25, 0.3) is 0 Å². The molecule has 2 unspecified atom stereocenters. The van der Waals surface area contributed by atoms with Crippen LogP contribution in [-0.2, 0) is 19.0 Å². The van der Waals surface area contributed by atoms with E-state index in [1.165, 1.54) is 0 Å². The summed E-state index contributed by atoms with van der Waals surface area (Å²) in [4.78, 5) is 11.2. The molecular weight excluding hydrogens is 384 g/mol. The molecule has 0 spiro atoms. The first-order valence-corrected chi connectivity index (χ1v) is 8.87. The van der Waals surface area contributed by atoms with Crippen LogP contribution in [-0.4, -0.2) is 56.3 Å². The number of para-hydroxylation sites is 1. The van der Waals surface area contributed by atoms with E-state index in [1.54, 1.807) is 6.92 Å². The first kappa shape index (κ1) is 38.7. The van der Waals surface area contributed by atoms with Crippen LogP contribution in [0, 0.1) is 0 Å². The van der Waals surface area contributed by atoms with Crippen molar-refractivity contribution >= 4 is 5.97 Å². The lowest BCUT2D eigenvalue weighted by Crippen LogP contribution is -2.25. The van der Waals surface area contributed by atoms with Crippen LogP contribution in [0.1, 0.15) is 57.4 Å². The molecule has 0 amide bonds. The van der Waals surface area contributed by atoms with E-state index in [0.29, 0.717) is 25.4 Å². The fourth-order valence-corrected chi connectivity index (χ4v) is 1.65. The molecule has 2 atom stereocenters. The highest BCUT2D eigenvalue weighted by molar-refractivity contribution is 5.86. The largest absolute Gasteiger partial charge is 0.491 e. The van der Waals surface area contributed by atoms with Crippen molar-refractivity contribution in [2.24, 2.45) is 0 Å². The minimum Gasteiger partial charge on any atom is -0.491 e. The molecule has 0 saturated carbocycles. The smallest absolute Gasteiger partial charge is 0.333 e. The molecule has 0 saturated heterocycles. The van der Waals surface area contributed by atoms with Crippen LogP contribution in [0.4, 0.5) is 0 Å². The molecule has 180 valence electrons. The third-order valence-electron chi connectivity index (χ3n) is 2.92. The Balaban J connectivity index is -0.000000336. The summed E-state index contributed by atoms with van der Waals surface area (Å²) >= 11 is 0. The van der Waals surface area contributed by atoms with Crippen molar-refractivity contribution in [1.29, 1.82) is 0 Å². The normalized spacial score (nSPS) is 10.7. The second-order valence-corrected chi connectivity index (χ2v) is 5.41. The fourth-order valence-electron chi connectivity index (χ4n) is 1.65. The maximum absolute atomic E-state index is 11.2. The summed E-state index contributed by atoms with van der Waals surface area (Å²) < 4.78 is 21.2. The molecule has 0 aliphatic rings. The van der Waals surface area contributed by atoms with Crippen LogP contribution < -0.4 is 4.74 Å². The van der Waals surface area contributed by atoms with E-state index in [9.17, 15) is 9.90 Å². The molecule has 1 aromatic rings. The summed E-state index contributed by atoms with van der Waals surface area (Å²) in [5, 5.41) is 9.61. The monoisotopic (exact) mass is 432 g/mol. The first-order chi connectivity index (χ1) is 12.5. The zero-order valence-corrected chi connectivity index (χ0v) is 16.3. The highest BCUT2D eigenvalue weighted by Gasteiger charge is 2.10. The van der Waals surface area contributed by atoms with Crippen molar-refractivity contribution in [2.75, 3.05) is 33.0 Å². The van der Waals surface area contributed by atoms with E-state index < -0.39 is 12.1 Å². The van der Waals surface area contributed by atoms with Gasteiger partial charge in [0.05, 0.1) is 25.9 Å². The lowest BCUT2D eigenvalue weighted by atomic mass is 10.3. The Morgan fingerprint density at radius 1 is 1.00 bits per heavy atom. The van der Waals surface area contributed by atoms with Gasteiger partial charge in [-0.3, -0.25) is 0 Å². The van der Waals surface area contributed by atoms with E-state index in [-0.39, 0.29) is 49.0 Å². The van der Waals surface area contributed by atoms with Crippen molar-refractivity contribution < 1.29 is 28.8 Å². The van der Waals surface area contributed by atoms with Gasteiger partial charge in [-0.25, -0.2) is 4.79 Å². The lowest BCUT2D eigenvalue weighted by Gasteiger charge is -2.15. The number of aliphatic hydroxyl groups excluding tert-OH is 1. The van der Waals surface area contributed by atoms with Gasteiger partial charge in [-0.1, -0.05) is 68.3 Å². The predicted octanol–water partition coefficient (Wildman–Crippen LogP) is 5.54. The van der Waals surface area contributed by atoms with E-state index in [2.05, 4.69) is 6.58 Å². The van der Waals surface area contributed by atoms with Gasteiger partial charge in [-0.2, -0.15) is 0 Å². The van der Waals surface area contributed by atoms with Gasteiger partial charge < -0.3 is 24.1 Å². The zero-order valence-electron chi connectivity index (χ0n) is 16.3. The number of carbonyl (C=O) groups excluding carboxylic acids is 1. The molecule has 0 heterocycles. The highest BCUT2D eigenvalue weighted by atomic mass is 16.6. The van der Waals surface area contributed by atoms with E-state index >= 15 is 0 Å². The minimum atomic E-state index is -0.868. The molecule has 0 radical (unpaired) electrons. The number of carbonyl (C=O) groups is 1. The van der Waals surface area contributed by atoms with Gasteiger partial charge in [-0.15, -0.1) is 0 Å². The van der Waals surface area contributed by atoms with Crippen LogP contribution in [0.3, 0.4) is 0 Å². The highest BCUT2D eigenvalue weighted by Crippen LogP contribution is 2.09. The Labute approximate surface area is 186 Å². The van der Waals surface area contributed by atoms with Crippen molar-refractivity contribution in [3.63, 3.8) is 0 Å². The van der Waals surface area contributed by atoms with E-state index in [0.717, 1.165) is 5.75 Å². The molecular formula is C24H48O6. The lowest BCUT2D eigenvalue weighted by molar-refractivity contribution is -0.143. The van der Waals surface area contributed by atoms with Gasteiger partial charge in [0.2, 0.25) is 0 Å². The van der Waals surface area contributed by atoms with Crippen molar-refractivity contribution in [1.82, 2.24) is 0 Å². The van der Waals surface area contributed by atoms with Crippen LogP contribution in [0.2, 0.25) is 0 Å². The van der Waals surface area contributed by atoms with Gasteiger partial charge in [0.15, 0.2) is 0 Å².